The molecule has 29 heavy (non-hydrogen) atoms. The molecule has 1 aliphatic rings. The summed E-state index contributed by atoms with van der Waals surface area (Å²) in [6.07, 6.45) is 1.81. The van der Waals surface area contributed by atoms with Gasteiger partial charge in [-0.15, -0.1) is 11.8 Å². The molecule has 5 nitrogen and oxygen atoms in total. The van der Waals surface area contributed by atoms with Crippen molar-refractivity contribution in [1.29, 1.82) is 0 Å². The summed E-state index contributed by atoms with van der Waals surface area (Å²) in [6.45, 7) is 6.90. The first-order valence-corrected chi connectivity index (χ1v) is 12.2. The van der Waals surface area contributed by atoms with E-state index in [1.54, 1.807) is 24.3 Å². The summed E-state index contributed by atoms with van der Waals surface area (Å²) in [7, 11) is -3.44. The predicted molar refractivity (Wildman–Crippen MR) is 117 cm³/mol. The van der Waals surface area contributed by atoms with Gasteiger partial charge in [0.1, 0.15) is 0 Å². The van der Waals surface area contributed by atoms with Crippen LogP contribution in [0.4, 0.5) is 0 Å². The second-order valence-electron chi connectivity index (χ2n) is 8.38. The van der Waals surface area contributed by atoms with Crippen molar-refractivity contribution < 1.29 is 13.2 Å². The summed E-state index contributed by atoms with van der Waals surface area (Å²) in [5.41, 5.74) is 2.25. The maximum absolute atomic E-state index is 12.2. The molecule has 0 atom stereocenters. The topological polar surface area (TPSA) is 75.3 Å². The third kappa shape index (κ3) is 6.59. The van der Waals surface area contributed by atoms with E-state index in [2.05, 4.69) is 42.9 Å². The monoisotopic (exact) mass is 432 g/mol. The molecule has 3 rings (SSSR count). The Balaban J connectivity index is 1.45. The average Bonchev–Trinajstić information content (AvgIpc) is 3.48. The summed E-state index contributed by atoms with van der Waals surface area (Å²) in [4.78, 5) is 13.5. The number of hydrogen-bond donors (Lipinski definition) is 2. The maximum atomic E-state index is 12.2. The fourth-order valence-electron chi connectivity index (χ4n) is 2.73. The van der Waals surface area contributed by atoms with Gasteiger partial charge in [-0.1, -0.05) is 45.0 Å². The molecule has 7 heteroatoms. The van der Waals surface area contributed by atoms with Gasteiger partial charge >= 0.3 is 0 Å². The van der Waals surface area contributed by atoms with E-state index < -0.39 is 10.0 Å². The average molecular weight is 433 g/mol. The second-order valence-corrected chi connectivity index (χ2v) is 11.1. The van der Waals surface area contributed by atoms with Crippen LogP contribution < -0.4 is 10.0 Å². The van der Waals surface area contributed by atoms with Crippen LogP contribution in [0.1, 0.15) is 44.7 Å². The number of carbonyl (C=O) groups excluding carboxylic acids is 1. The van der Waals surface area contributed by atoms with E-state index in [4.69, 9.17) is 0 Å². The molecular weight excluding hydrogens is 404 g/mol. The van der Waals surface area contributed by atoms with Crippen molar-refractivity contribution in [2.24, 2.45) is 0 Å². The smallest absolute Gasteiger partial charge is 0.240 e. The van der Waals surface area contributed by atoms with Crippen LogP contribution in [0.2, 0.25) is 0 Å². The van der Waals surface area contributed by atoms with E-state index >= 15 is 0 Å². The number of thioether (sulfide) groups is 1. The lowest BCUT2D eigenvalue weighted by atomic mass is 9.87. The highest BCUT2D eigenvalue weighted by Gasteiger charge is 2.27. The molecule has 2 aromatic rings. The first-order chi connectivity index (χ1) is 13.6. The van der Waals surface area contributed by atoms with Crippen LogP contribution in [-0.4, -0.2) is 26.1 Å². The zero-order valence-electron chi connectivity index (χ0n) is 17.1. The van der Waals surface area contributed by atoms with Gasteiger partial charge in [0.15, 0.2) is 0 Å². The molecular formula is C22H28N2O3S2. The number of hydrogen-bond acceptors (Lipinski definition) is 4. The highest BCUT2D eigenvalue weighted by molar-refractivity contribution is 8.00. The fourth-order valence-corrected chi connectivity index (χ4v) is 4.76. The van der Waals surface area contributed by atoms with E-state index in [1.165, 1.54) is 17.3 Å². The minimum atomic E-state index is -3.44. The van der Waals surface area contributed by atoms with Crippen LogP contribution >= 0.6 is 11.8 Å². The van der Waals surface area contributed by atoms with Crippen LogP contribution in [0.25, 0.3) is 0 Å². The van der Waals surface area contributed by atoms with Gasteiger partial charge in [-0.05, 0) is 53.6 Å². The molecule has 1 saturated carbocycles. The lowest BCUT2D eigenvalue weighted by molar-refractivity contribution is -0.118. The van der Waals surface area contributed by atoms with Crippen molar-refractivity contribution in [2.75, 3.05) is 5.75 Å². The number of sulfonamides is 1. The Morgan fingerprint density at radius 1 is 1.03 bits per heavy atom. The molecule has 1 fully saturated rings. The van der Waals surface area contributed by atoms with Gasteiger partial charge in [0.2, 0.25) is 15.9 Å². The van der Waals surface area contributed by atoms with Crippen LogP contribution in [0.5, 0.6) is 0 Å². The SMILES string of the molecule is CC(C)(C)c1ccc(SCC(=O)NCc2ccc(S(=O)(=O)NC3CC3)cc2)cc1. The third-order valence-electron chi connectivity index (χ3n) is 4.71. The number of amides is 1. The van der Waals surface area contributed by atoms with Gasteiger partial charge in [0.05, 0.1) is 10.6 Å². The zero-order chi connectivity index (χ0) is 21.1. The van der Waals surface area contributed by atoms with Crippen molar-refractivity contribution in [3.05, 3.63) is 59.7 Å². The first-order valence-electron chi connectivity index (χ1n) is 9.75. The number of nitrogens with one attached hydrogen (secondary N) is 2. The Bertz CT molecular complexity index is 943. The Morgan fingerprint density at radius 2 is 1.66 bits per heavy atom. The fraction of sp³-hybridized carbons (Fsp3) is 0.409. The second kappa shape index (κ2) is 8.90. The van der Waals surface area contributed by atoms with E-state index in [0.29, 0.717) is 12.3 Å². The summed E-state index contributed by atoms with van der Waals surface area (Å²) in [6, 6.07) is 15.0. The summed E-state index contributed by atoms with van der Waals surface area (Å²) in [5, 5.41) is 2.88. The number of rotatable bonds is 8. The number of carbonyl (C=O) groups is 1. The minimum absolute atomic E-state index is 0.0537. The molecule has 1 aliphatic carbocycles. The summed E-state index contributed by atoms with van der Waals surface area (Å²) < 4.78 is 27.0. The van der Waals surface area contributed by atoms with Crippen LogP contribution in [-0.2, 0) is 26.8 Å². The Morgan fingerprint density at radius 3 is 2.21 bits per heavy atom. The lowest BCUT2D eigenvalue weighted by Crippen LogP contribution is -2.26. The van der Waals surface area contributed by atoms with Crippen molar-refractivity contribution >= 4 is 27.7 Å². The van der Waals surface area contributed by atoms with E-state index in [9.17, 15) is 13.2 Å². The van der Waals surface area contributed by atoms with Gasteiger partial charge in [-0.3, -0.25) is 4.79 Å². The summed E-state index contributed by atoms with van der Waals surface area (Å²) >= 11 is 1.50. The molecule has 0 bridgehead atoms. The largest absolute Gasteiger partial charge is 0.351 e. The molecule has 0 aliphatic heterocycles. The molecule has 156 valence electrons. The molecule has 0 heterocycles. The van der Waals surface area contributed by atoms with Gasteiger partial charge < -0.3 is 5.32 Å². The van der Waals surface area contributed by atoms with Crippen molar-refractivity contribution in [3.8, 4) is 0 Å². The van der Waals surface area contributed by atoms with E-state index in [-0.39, 0.29) is 22.3 Å². The molecule has 0 unspecified atom stereocenters. The Labute approximate surface area is 177 Å². The minimum Gasteiger partial charge on any atom is -0.351 e. The molecule has 0 radical (unpaired) electrons. The summed E-state index contributed by atoms with van der Waals surface area (Å²) in [5.74, 6) is 0.286. The number of benzene rings is 2. The molecule has 2 aromatic carbocycles. The molecule has 2 N–H and O–H groups in total. The van der Waals surface area contributed by atoms with E-state index in [1.807, 2.05) is 12.1 Å². The molecule has 1 amide bonds. The third-order valence-corrected chi connectivity index (χ3v) is 7.26. The van der Waals surface area contributed by atoms with Crippen molar-refractivity contribution in [2.45, 2.75) is 61.4 Å². The van der Waals surface area contributed by atoms with Crippen LogP contribution in [0.15, 0.2) is 58.3 Å². The highest BCUT2D eigenvalue weighted by Crippen LogP contribution is 2.25. The maximum Gasteiger partial charge on any atom is 0.240 e. The lowest BCUT2D eigenvalue weighted by Gasteiger charge is -2.19. The molecule has 0 aromatic heterocycles. The highest BCUT2D eigenvalue weighted by atomic mass is 32.2. The van der Waals surface area contributed by atoms with Crippen LogP contribution in [0.3, 0.4) is 0 Å². The molecule has 0 saturated heterocycles. The Hall–Kier alpha value is -1.83. The zero-order valence-corrected chi connectivity index (χ0v) is 18.7. The predicted octanol–water partition coefficient (Wildman–Crippen LogP) is 3.83. The Kier molecular flexibility index (Phi) is 6.71. The van der Waals surface area contributed by atoms with Crippen LogP contribution in [0, 0.1) is 0 Å². The normalized spacial score (nSPS) is 14.6. The molecule has 0 spiro atoms. The van der Waals surface area contributed by atoms with Gasteiger partial charge in [-0.25, -0.2) is 13.1 Å². The van der Waals surface area contributed by atoms with E-state index in [0.717, 1.165) is 23.3 Å². The first kappa shape index (κ1) is 21.9. The van der Waals surface area contributed by atoms with Gasteiger partial charge in [-0.2, -0.15) is 0 Å². The standard InChI is InChI=1S/C22H28N2O3S2/c1-22(2,3)17-6-10-19(11-7-17)28-15-21(25)23-14-16-4-12-20(13-5-16)29(26,27)24-18-8-9-18/h4-7,10-13,18,24H,8-9,14-15H2,1-3H3,(H,23,25). The van der Waals surface area contributed by atoms with Crippen molar-refractivity contribution in [1.82, 2.24) is 10.0 Å². The van der Waals surface area contributed by atoms with Gasteiger partial charge in [0.25, 0.3) is 0 Å². The van der Waals surface area contributed by atoms with Gasteiger partial charge in [0, 0.05) is 17.5 Å². The quantitative estimate of drug-likeness (QED) is 0.622. The van der Waals surface area contributed by atoms with Crippen molar-refractivity contribution in [3.63, 3.8) is 0 Å².